The van der Waals surface area contributed by atoms with E-state index in [0.29, 0.717) is 5.15 Å². The largest absolute Gasteiger partial charge is 0.324 e. The van der Waals surface area contributed by atoms with Crippen molar-refractivity contribution < 1.29 is 4.79 Å². The smallest absolute Gasteiger partial charge is 0.227 e. The molecular weight excluding hydrogens is 212 g/mol. The first kappa shape index (κ1) is 10.4. The number of aromatic nitrogens is 1. The Bertz CT molecular complexity index is 388. The van der Waals surface area contributed by atoms with Crippen molar-refractivity contribution in [2.45, 2.75) is 26.2 Å². The lowest BCUT2D eigenvalue weighted by Crippen LogP contribution is -2.28. The molecule has 0 atom stereocenters. The molecule has 3 nitrogen and oxygen atoms in total. The van der Waals surface area contributed by atoms with Crippen LogP contribution in [0.3, 0.4) is 0 Å². The van der Waals surface area contributed by atoms with Gasteiger partial charge >= 0.3 is 0 Å². The summed E-state index contributed by atoms with van der Waals surface area (Å²) in [6.07, 6.45) is 4.78. The molecule has 1 aromatic heterocycles. The second-order valence-corrected chi connectivity index (χ2v) is 4.33. The minimum absolute atomic E-state index is 0.105. The standard InChI is InChI=1S/C11H13ClN2O/c1-7-5-10(12)13-6-9(7)14-11(15)8-3-2-4-8/h5-6,8H,2-4H2,1H3,(H,14,15). The molecule has 0 aromatic carbocycles. The molecule has 0 unspecified atom stereocenters. The summed E-state index contributed by atoms with van der Waals surface area (Å²) in [7, 11) is 0. The van der Waals surface area contributed by atoms with Gasteiger partial charge in [-0.1, -0.05) is 18.0 Å². The number of hydrogen-bond donors (Lipinski definition) is 1. The normalized spacial score (nSPS) is 15.9. The second kappa shape index (κ2) is 4.19. The van der Waals surface area contributed by atoms with E-state index in [9.17, 15) is 4.79 Å². The van der Waals surface area contributed by atoms with Gasteiger partial charge in [-0.3, -0.25) is 4.79 Å². The minimum atomic E-state index is 0.105. The Morgan fingerprint density at radius 2 is 2.33 bits per heavy atom. The van der Waals surface area contributed by atoms with Gasteiger partial charge in [0.15, 0.2) is 0 Å². The second-order valence-electron chi connectivity index (χ2n) is 3.94. The minimum Gasteiger partial charge on any atom is -0.324 e. The van der Waals surface area contributed by atoms with Crippen molar-refractivity contribution in [3.8, 4) is 0 Å². The van der Waals surface area contributed by atoms with E-state index >= 15 is 0 Å². The molecule has 1 aliphatic carbocycles. The van der Waals surface area contributed by atoms with Crippen LogP contribution in [0.4, 0.5) is 5.69 Å². The molecule has 80 valence electrons. The molecule has 1 aromatic rings. The molecule has 1 aliphatic rings. The van der Waals surface area contributed by atoms with Gasteiger partial charge in [-0.05, 0) is 31.4 Å². The van der Waals surface area contributed by atoms with E-state index < -0.39 is 0 Å². The molecule has 1 N–H and O–H groups in total. The number of nitrogens with one attached hydrogen (secondary N) is 1. The van der Waals surface area contributed by atoms with E-state index in [2.05, 4.69) is 10.3 Å². The molecule has 1 fully saturated rings. The maximum atomic E-state index is 11.7. The maximum Gasteiger partial charge on any atom is 0.227 e. The van der Waals surface area contributed by atoms with Crippen LogP contribution in [0.15, 0.2) is 12.3 Å². The summed E-state index contributed by atoms with van der Waals surface area (Å²) in [4.78, 5) is 15.6. The van der Waals surface area contributed by atoms with Gasteiger partial charge < -0.3 is 5.32 Å². The summed E-state index contributed by atoms with van der Waals surface area (Å²) in [6, 6.07) is 1.75. The molecule has 15 heavy (non-hydrogen) atoms. The van der Waals surface area contributed by atoms with Gasteiger partial charge in [-0.15, -0.1) is 0 Å². The molecule has 0 radical (unpaired) electrons. The number of anilines is 1. The highest BCUT2D eigenvalue weighted by Gasteiger charge is 2.25. The first-order valence-electron chi connectivity index (χ1n) is 5.10. The highest BCUT2D eigenvalue weighted by molar-refractivity contribution is 6.29. The number of halogens is 1. The van der Waals surface area contributed by atoms with E-state index in [1.54, 1.807) is 12.3 Å². The monoisotopic (exact) mass is 224 g/mol. The van der Waals surface area contributed by atoms with E-state index in [0.717, 1.165) is 30.5 Å². The average molecular weight is 225 g/mol. The van der Waals surface area contributed by atoms with Gasteiger partial charge in [0.2, 0.25) is 5.91 Å². The average Bonchev–Trinajstić information content (AvgIpc) is 2.07. The first-order valence-corrected chi connectivity index (χ1v) is 5.47. The van der Waals surface area contributed by atoms with E-state index in [1.807, 2.05) is 6.92 Å². The zero-order valence-electron chi connectivity index (χ0n) is 8.59. The Morgan fingerprint density at radius 1 is 1.60 bits per heavy atom. The summed E-state index contributed by atoms with van der Waals surface area (Å²) in [5.41, 5.74) is 1.71. The zero-order valence-corrected chi connectivity index (χ0v) is 9.34. The van der Waals surface area contributed by atoms with Crippen molar-refractivity contribution >= 4 is 23.2 Å². The lowest BCUT2D eigenvalue weighted by Gasteiger charge is -2.24. The number of pyridine rings is 1. The summed E-state index contributed by atoms with van der Waals surface area (Å²) >= 11 is 5.73. The molecule has 1 saturated carbocycles. The molecule has 0 aliphatic heterocycles. The van der Waals surface area contributed by atoms with Crippen molar-refractivity contribution in [2.24, 2.45) is 5.92 Å². The quantitative estimate of drug-likeness (QED) is 0.785. The van der Waals surface area contributed by atoms with Crippen LogP contribution in [0, 0.1) is 12.8 Å². The Balaban J connectivity index is 2.06. The van der Waals surface area contributed by atoms with Crippen LogP contribution in [0.5, 0.6) is 0 Å². The topological polar surface area (TPSA) is 42.0 Å². The summed E-state index contributed by atoms with van der Waals surface area (Å²) < 4.78 is 0. The van der Waals surface area contributed by atoms with E-state index in [1.165, 1.54) is 0 Å². The molecule has 4 heteroatoms. The maximum absolute atomic E-state index is 11.7. The third kappa shape index (κ3) is 2.29. The number of hydrogen-bond acceptors (Lipinski definition) is 2. The van der Waals surface area contributed by atoms with Crippen LogP contribution in [0.2, 0.25) is 5.15 Å². The number of aryl methyl sites for hydroxylation is 1. The van der Waals surface area contributed by atoms with Gasteiger partial charge in [0.05, 0.1) is 11.9 Å². The van der Waals surface area contributed by atoms with Crippen LogP contribution in [0.25, 0.3) is 0 Å². The van der Waals surface area contributed by atoms with Crippen LogP contribution < -0.4 is 5.32 Å². The molecular formula is C11H13ClN2O. The van der Waals surface area contributed by atoms with Gasteiger partial charge in [0, 0.05) is 5.92 Å². The fraction of sp³-hybridized carbons (Fsp3) is 0.455. The number of rotatable bonds is 2. The Labute approximate surface area is 93.8 Å². The molecule has 0 spiro atoms. The van der Waals surface area contributed by atoms with Crippen molar-refractivity contribution in [2.75, 3.05) is 5.32 Å². The van der Waals surface area contributed by atoms with Crippen molar-refractivity contribution in [3.63, 3.8) is 0 Å². The van der Waals surface area contributed by atoms with Gasteiger partial charge in [-0.2, -0.15) is 0 Å². The number of amides is 1. The van der Waals surface area contributed by atoms with Crippen LogP contribution in [0.1, 0.15) is 24.8 Å². The van der Waals surface area contributed by atoms with Crippen molar-refractivity contribution in [1.82, 2.24) is 4.98 Å². The predicted molar refractivity (Wildman–Crippen MR) is 60.0 cm³/mol. The van der Waals surface area contributed by atoms with Gasteiger partial charge in [0.25, 0.3) is 0 Å². The Kier molecular flexibility index (Phi) is 2.91. The molecule has 0 saturated heterocycles. The number of nitrogens with zero attached hydrogens (tertiary/aromatic N) is 1. The zero-order chi connectivity index (χ0) is 10.8. The van der Waals surface area contributed by atoms with Crippen LogP contribution >= 0.6 is 11.6 Å². The highest BCUT2D eigenvalue weighted by atomic mass is 35.5. The molecule has 1 amide bonds. The van der Waals surface area contributed by atoms with Crippen molar-refractivity contribution in [1.29, 1.82) is 0 Å². The highest BCUT2D eigenvalue weighted by Crippen LogP contribution is 2.28. The summed E-state index contributed by atoms with van der Waals surface area (Å²) in [5.74, 6) is 0.300. The Morgan fingerprint density at radius 3 is 2.87 bits per heavy atom. The van der Waals surface area contributed by atoms with Gasteiger partial charge in [-0.25, -0.2) is 4.98 Å². The predicted octanol–water partition coefficient (Wildman–Crippen LogP) is 2.78. The summed E-state index contributed by atoms with van der Waals surface area (Å²) in [6.45, 7) is 1.91. The first-order chi connectivity index (χ1) is 7.16. The van der Waals surface area contributed by atoms with E-state index in [-0.39, 0.29) is 11.8 Å². The van der Waals surface area contributed by atoms with E-state index in [4.69, 9.17) is 11.6 Å². The van der Waals surface area contributed by atoms with Crippen molar-refractivity contribution in [3.05, 3.63) is 23.0 Å². The SMILES string of the molecule is Cc1cc(Cl)ncc1NC(=O)C1CCC1. The van der Waals surface area contributed by atoms with Crippen LogP contribution in [-0.2, 0) is 4.79 Å². The van der Waals surface area contributed by atoms with Crippen LogP contribution in [-0.4, -0.2) is 10.9 Å². The lowest BCUT2D eigenvalue weighted by atomic mass is 9.85. The summed E-state index contributed by atoms with van der Waals surface area (Å²) in [5, 5.41) is 3.33. The molecule has 2 rings (SSSR count). The van der Waals surface area contributed by atoms with Gasteiger partial charge in [0.1, 0.15) is 5.15 Å². The fourth-order valence-electron chi connectivity index (χ4n) is 1.56. The fourth-order valence-corrected chi connectivity index (χ4v) is 1.77. The number of carbonyl (C=O) groups is 1. The number of carbonyl (C=O) groups excluding carboxylic acids is 1. The lowest BCUT2D eigenvalue weighted by molar-refractivity contribution is -0.122. The third-order valence-electron chi connectivity index (χ3n) is 2.81. The molecule has 1 heterocycles. The third-order valence-corrected chi connectivity index (χ3v) is 3.02. The Hall–Kier alpha value is -1.09. The molecule has 0 bridgehead atoms.